The highest BCUT2D eigenvalue weighted by Gasteiger charge is 2.21. The van der Waals surface area contributed by atoms with Crippen LogP contribution in [-0.4, -0.2) is 19.1 Å². The number of hydrogen-bond donors (Lipinski definition) is 2. The van der Waals surface area contributed by atoms with Crippen molar-refractivity contribution in [3.63, 3.8) is 0 Å². The van der Waals surface area contributed by atoms with E-state index in [0.29, 0.717) is 13.2 Å². The van der Waals surface area contributed by atoms with Gasteiger partial charge in [-0.2, -0.15) is 0 Å². The third kappa shape index (κ3) is 5.51. The second-order valence-corrected chi connectivity index (χ2v) is 7.40. The highest BCUT2D eigenvalue weighted by atomic mass is 127. The van der Waals surface area contributed by atoms with Crippen LogP contribution in [0.4, 0.5) is 0 Å². The largest absolute Gasteiger partial charge is 0.493 e. The number of guanidine groups is 1. The molecule has 3 heterocycles. The molecular weight excluding hydrogens is 485 g/mol. The maximum atomic E-state index is 5.77. The summed E-state index contributed by atoms with van der Waals surface area (Å²) >= 11 is 1.72. The fourth-order valence-corrected chi connectivity index (χ4v) is 3.76. The number of fused-ring (bicyclic) bond motifs is 1. The maximum Gasteiger partial charge on any atom is 0.192 e. The first-order chi connectivity index (χ1) is 13.4. The van der Waals surface area contributed by atoms with E-state index in [9.17, 15) is 0 Å². The van der Waals surface area contributed by atoms with Crippen molar-refractivity contribution in [3.8, 4) is 5.75 Å². The van der Waals surface area contributed by atoms with Gasteiger partial charge in [0.05, 0.1) is 25.5 Å². The van der Waals surface area contributed by atoms with Crippen LogP contribution >= 0.6 is 35.3 Å². The van der Waals surface area contributed by atoms with Gasteiger partial charge in [0.2, 0.25) is 0 Å². The Morgan fingerprint density at radius 1 is 1.14 bits per heavy atom. The lowest BCUT2D eigenvalue weighted by molar-refractivity contribution is 0.261. The van der Waals surface area contributed by atoms with Gasteiger partial charge in [0.1, 0.15) is 11.5 Å². The molecule has 0 spiro atoms. The van der Waals surface area contributed by atoms with Crippen molar-refractivity contribution in [1.82, 2.24) is 10.6 Å². The molecule has 1 aromatic carbocycles. The number of furan rings is 1. The summed E-state index contributed by atoms with van der Waals surface area (Å²) < 4.78 is 11.2. The molecule has 3 aromatic rings. The third-order valence-corrected chi connectivity index (χ3v) is 5.35. The minimum Gasteiger partial charge on any atom is -0.493 e. The summed E-state index contributed by atoms with van der Waals surface area (Å²) in [6.45, 7) is 2.13. The fraction of sp³-hybridized carbons (Fsp3) is 0.286. The number of ether oxygens (including phenoxy) is 1. The van der Waals surface area contributed by atoms with Crippen LogP contribution in [0, 0.1) is 0 Å². The predicted molar refractivity (Wildman–Crippen MR) is 124 cm³/mol. The number of para-hydroxylation sites is 1. The monoisotopic (exact) mass is 509 g/mol. The van der Waals surface area contributed by atoms with Crippen molar-refractivity contribution < 1.29 is 9.15 Å². The van der Waals surface area contributed by atoms with Crippen LogP contribution in [0.1, 0.15) is 28.7 Å². The summed E-state index contributed by atoms with van der Waals surface area (Å²) in [4.78, 5) is 6.03. The minimum atomic E-state index is 0. The first-order valence-corrected chi connectivity index (χ1v) is 10.1. The van der Waals surface area contributed by atoms with E-state index in [1.165, 1.54) is 10.4 Å². The van der Waals surface area contributed by atoms with Gasteiger partial charge in [-0.25, -0.2) is 4.99 Å². The lowest BCUT2D eigenvalue weighted by Crippen LogP contribution is -2.41. The van der Waals surface area contributed by atoms with E-state index in [1.807, 2.05) is 24.3 Å². The molecule has 0 amide bonds. The third-order valence-electron chi connectivity index (χ3n) is 4.49. The molecule has 0 saturated heterocycles. The first kappa shape index (κ1) is 20.7. The highest BCUT2D eigenvalue weighted by Crippen LogP contribution is 2.31. The van der Waals surface area contributed by atoms with Crippen molar-refractivity contribution in [3.05, 3.63) is 76.4 Å². The van der Waals surface area contributed by atoms with Gasteiger partial charge in [0.25, 0.3) is 0 Å². The molecule has 148 valence electrons. The van der Waals surface area contributed by atoms with Gasteiger partial charge in [0.15, 0.2) is 5.96 Å². The van der Waals surface area contributed by atoms with E-state index < -0.39 is 0 Å². The van der Waals surface area contributed by atoms with Crippen LogP contribution in [0.25, 0.3) is 0 Å². The van der Waals surface area contributed by atoms with E-state index >= 15 is 0 Å². The molecule has 1 aliphatic heterocycles. The van der Waals surface area contributed by atoms with Crippen LogP contribution in [0.5, 0.6) is 5.75 Å². The molecule has 0 aliphatic carbocycles. The Morgan fingerprint density at radius 2 is 2.07 bits per heavy atom. The first-order valence-electron chi connectivity index (χ1n) is 9.20. The molecule has 28 heavy (non-hydrogen) atoms. The van der Waals surface area contributed by atoms with Crippen molar-refractivity contribution in [2.75, 3.05) is 13.2 Å². The second-order valence-electron chi connectivity index (χ2n) is 6.37. The number of rotatable bonds is 6. The maximum absolute atomic E-state index is 5.77. The molecule has 0 radical (unpaired) electrons. The van der Waals surface area contributed by atoms with Crippen molar-refractivity contribution in [1.29, 1.82) is 0 Å². The molecule has 1 atom stereocenters. The van der Waals surface area contributed by atoms with E-state index in [1.54, 1.807) is 17.6 Å². The molecule has 2 N–H and O–H groups in total. The van der Waals surface area contributed by atoms with E-state index in [-0.39, 0.29) is 30.0 Å². The minimum absolute atomic E-state index is 0. The molecule has 5 nitrogen and oxygen atoms in total. The zero-order valence-electron chi connectivity index (χ0n) is 15.5. The van der Waals surface area contributed by atoms with Crippen molar-refractivity contribution in [2.45, 2.75) is 25.4 Å². The summed E-state index contributed by atoms with van der Waals surface area (Å²) in [5.41, 5.74) is 1.18. The normalized spacial score (nSPS) is 15.9. The van der Waals surface area contributed by atoms with Gasteiger partial charge in [-0.1, -0.05) is 24.3 Å². The molecule has 1 unspecified atom stereocenters. The second kappa shape index (κ2) is 10.5. The lowest BCUT2D eigenvalue weighted by Gasteiger charge is -2.28. The summed E-state index contributed by atoms with van der Waals surface area (Å²) in [5.74, 6) is 2.74. The summed E-state index contributed by atoms with van der Waals surface area (Å²) in [6.07, 6.45) is 3.43. The molecule has 0 saturated carbocycles. The highest BCUT2D eigenvalue weighted by molar-refractivity contribution is 14.0. The Kier molecular flexibility index (Phi) is 7.79. The Balaban J connectivity index is 0.00000225. The van der Waals surface area contributed by atoms with Gasteiger partial charge in [-0.05, 0) is 29.6 Å². The van der Waals surface area contributed by atoms with Gasteiger partial charge in [-0.15, -0.1) is 35.3 Å². The molecule has 2 aromatic heterocycles. The van der Waals surface area contributed by atoms with Gasteiger partial charge in [-0.3, -0.25) is 0 Å². The van der Waals surface area contributed by atoms with Crippen LogP contribution in [-0.2, 0) is 13.0 Å². The smallest absolute Gasteiger partial charge is 0.192 e. The van der Waals surface area contributed by atoms with E-state index in [4.69, 9.17) is 14.1 Å². The predicted octanol–water partition coefficient (Wildman–Crippen LogP) is 4.76. The molecule has 0 fully saturated rings. The van der Waals surface area contributed by atoms with Gasteiger partial charge >= 0.3 is 0 Å². The van der Waals surface area contributed by atoms with E-state index in [0.717, 1.165) is 36.9 Å². The molecule has 0 bridgehead atoms. The summed E-state index contributed by atoms with van der Waals surface area (Å²) in [6, 6.07) is 16.5. The number of hydrogen-bond acceptors (Lipinski definition) is 4. The van der Waals surface area contributed by atoms with Crippen molar-refractivity contribution in [2.24, 2.45) is 4.99 Å². The van der Waals surface area contributed by atoms with Gasteiger partial charge in [0, 0.05) is 29.8 Å². The topological polar surface area (TPSA) is 58.8 Å². The zero-order valence-corrected chi connectivity index (χ0v) is 18.6. The SMILES string of the molecule is I.c1coc(CCNC(=NCc2cccs2)NC2CCOc3ccccc32)c1. The van der Waals surface area contributed by atoms with Gasteiger partial charge < -0.3 is 19.8 Å². The lowest BCUT2D eigenvalue weighted by atomic mass is 10.0. The molecule has 7 heteroatoms. The van der Waals surface area contributed by atoms with Crippen LogP contribution in [0.3, 0.4) is 0 Å². The Morgan fingerprint density at radius 3 is 2.89 bits per heavy atom. The summed E-state index contributed by atoms with van der Waals surface area (Å²) in [5, 5.41) is 9.11. The average molecular weight is 509 g/mol. The number of halogens is 1. The number of nitrogens with one attached hydrogen (secondary N) is 2. The number of aliphatic imine (C=N–C) groups is 1. The standard InChI is InChI=1S/C21H23N3O2S.HI/c1-2-8-20-18(7-1)19(10-13-26-20)24-21(23-15-17-6-4-14-27-17)22-11-9-16-5-3-12-25-16;/h1-8,12,14,19H,9-11,13,15H2,(H2,22,23,24);1H. The average Bonchev–Trinajstić information content (AvgIpc) is 3.40. The van der Waals surface area contributed by atoms with Crippen LogP contribution in [0.2, 0.25) is 0 Å². The number of benzene rings is 1. The molecule has 1 aliphatic rings. The fourth-order valence-electron chi connectivity index (χ4n) is 3.13. The quantitative estimate of drug-likeness (QED) is 0.286. The Labute approximate surface area is 186 Å². The molecule has 4 rings (SSSR count). The van der Waals surface area contributed by atoms with Crippen LogP contribution < -0.4 is 15.4 Å². The Hall–Kier alpha value is -2.00. The van der Waals surface area contributed by atoms with E-state index in [2.05, 4.69) is 40.3 Å². The number of thiophene rings is 1. The molecular formula is C21H24IN3O2S. The Bertz CT molecular complexity index is 866. The van der Waals surface area contributed by atoms with Crippen LogP contribution in [0.15, 0.2) is 69.6 Å². The number of nitrogens with zero attached hydrogens (tertiary/aromatic N) is 1. The summed E-state index contributed by atoms with van der Waals surface area (Å²) in [7, 11) is 0. The van der Waals surface area contributed by atoms with Crippen molar-refractivity contribution >= 4 is 41.3 Å². The zero-order chi connectivity index (χ0) is 18.3.